The summed E-state index contributed by atoms with van der Waals surface area (Å²) in [7, 11) is -7.99. The van der Waals surface area contributed by atoms with Gasteiger partial charge in [-0.1, -0.05) is 42.0 Å². The third-order valence-electron chi connectivity index (χ3n) is 6.19. The molecule has 0 atom stereocenters. The number of anilines is 1. The van der Waals surface area contributed by atoms with Crippen molar-refractivity contribution in [3.05, 3.63) is 94.5 Å². The fraction of sp³-hybridized carbons (Fsp3) is 0.240. The summed E-state index contributed by atoms with van der Waals surface area (Å²) < 4.78 is 55.1. The Balaban J connectivity index is 1.55. The highest BCUT2D eigenvalue weighted by molar-refractivity contribution is 7.92. The van der Waals surface area contributed by atoms with Gasteiger partial charge in [-0.15, -0.1) is 0 Å². The van der Waals surface area contributed by atoms with Gasteiger partial charge in [0.2, 0.25) is 15.9 Å². The van der Waals surface area contributed by atoms with Gasteiger partial charge in [0.25, 0.3) is 15.7 Å². The predicted molar refractivity (Wildman–Crippen MR) is 141 cm³/mol. The lowest BCUT2D eigenvalue weighted by Gasteiger charge is -2.35. The highest BCUT2D eigenvalue weighted by Gasteiger charge is 2.33. The fourth-order valence-corrected chi connectivity index (χ4v) is 6.91. The summed E-state index contributed by atoms with van der Waals surface area (Å²) in [6.07, 6.45) is 0. The number of hydrogen-bond donors (Lipinski definition) is 0. The normalized spacial score (nSPS) is 14.7. The van der Waals surface area contributed by atoms with E-state index in [2.05, 4.69) is 0 Å². The molecule has 200 valence electrons. The maximum Gasteiger partial charge on any atom is 0.271 e. The van der Waals surface area contributed by atoms with Crippen molar-refractivity contribution in [2.45, 2.75) is 16.7 Å². The predicted octanol–water partition coefficient (Wildman–Crippen LogP) is 2.63. The van der Waals surface area contributed by atoms with Gasteiger partial charge in [-0.05, 0) is 37.3 Å². The van der Waals surface area contributed by atoms with Crippen molar-refractivity contribution in [3.8, 4) is 0 Å². The van der Waals surface area contributed by atoms with E-state index in [-0.39, 0.29) is 47.3 Å². The lowest BCUT2D eigenvalue weighted by Crippen LogP contribution is -2.53. The third kappa shape index (κ3) is 5.69. The van der Waals surface area contributed by atoms with Crippen LogP contribution in [0.3, 0.4) is 0 Å². The van der Waals surface area contributed by atoms with Gasteiger partial charge in [0.05, 0.1) is 20.4 Å². The van der Waals surface area contributed by atoms with Crippen molar-refractivity contribution in [2.24, 2.45) is 0 Å². The number of amides is 1. The molecule has 0 saturated carbocycles. The molecule has 1 aliphatic rings. The molecule has 0 aromatic heterocycles. The number of piperazine rings is 1. The van der Waals surface area contributed by atoms with Crippen LogP contribution in [0, 0.1) is 17.0 Å². The molecule has 38 heavy (non-hydrogen) atoms. The molecule has 1 aliphatic heterocycles. The van der Waals surface area contributed by atoms with E-state index in [1.54, 1.807) is 18.2 Å². The number of nitro benzene ring substituents is 1. The Kier molecular flexibility index (Phi) is 7.81. The molecule has 0 N–H and O–H groups in total. The second-order valence-electron chi connectivity index (χ2n) is 8.70. The van der Waals surface area contributed by atoms with E-state index < -0.39 is 37.4 Å². The Morgan fingerprint density at radius 3 is 2.11 bits per heavy atom. The van der Waals surface area contributed by atoms with Crippen LogP contribution in [0.1, 0.15) is 5.56 Å². The monoisotopic (exact) mass is 558 g/mol. The van der Waals surface area contributed by atoms with Crippen molar-refractivity contribution >= 4 is 37.3 Å². The molecule has 13 heteroatoms. The molecule has 1 fully saturated rings. The first-order valence-corrected chi connectivity index (χ1v) is 14.5. The van der Waals surface area contributed by atoms with Crippen LogP contribution in [0.2, 0.25) is 0 Å². The van der Waals surface area contributed by atoms with Gasteiger partial charge in [-0.25, -0.2) is 16.8 Å². The number of non-ortho nitro benzene ring substituents is 1. The van der Waals surface area contributed by atoms with Crippen molar-refractivity contribution in [2.75, 3.05) is 37.0 Å². The first-order valence-electron chi connectivity index (χ1n) is 11.7. The minimum atomic E-state index is -4.25. The Morgan fingerprint density at radius 2 is 1.50 bits per heavy atom. The molecular formula is C25H26N4O7S2. The summed E-state index contributed by atoms with van der Waals surface area (Å²) in [5, 5.41) is 11.3. The minimum absolute atomic E-state index is 0.0306. The largest absolute Gasteiger partial charge is 0.338 e. The van der Waals surface area contributed by atoms with Gasteiger partial charge in [0.1, 0.15) is 6.54 Å². The number of carbonyl (C=O) groups is 1. The van der Waals surface area contributed by atoms with Crippen LogP contribution in [-0.2, 0) is 24.8 Å². The molecule has 3 aromatic rings. The van der Waals surface area contributed by atoms with Gasteiger partial charge in [-0.3, -0.25) is 19.2 Å². The second-order valence-corrected chi connectivity index (χ2v) is 12.5. The van der Waals surface area contributed by atoms with E-state index in [1.165, 1.54) is 63.8 Å². The van der Waals surface area contributed by atoms with Crippen LogP contribution in [0.25, 0.3) is 0 Å². The standard InChI is InChI=1S/C25H26N4O7S2/c1-20-10-12-24(13-11-20)37(33,34)27-16-14-26(15-17-27)25(30)19-28(21-6-5-7-22(18-21)29(31)32)38(35,36)23-8-3-2-4-9-23/h2-13,18H,14-17,19H2,1H3. The van der Waals surface area contributed by atoms with Gasteiger partial charge in [0, 0.05) is 38.3 Å². The van der Waals surface area contributed by atoms with Crippen LogP contribution in [-0.4, -0.2) is 69.6 Å². The van der Waals surface area contributed by atoms with Crippen LogP contribution < -0.4 is 4.31 Å². The zero-order valence-corrected chi connectivity index (χ0v) is 22.1. The maximum absolute atomic E-state index is 13.5. The molecule has 4 rings (SSSR count). The quantitative estimate of drug-likeness (QED) is 0.306. The molecule has 3 aromatic carbocycles. The molecule has 0 aliphatic carbocycles. The minimum Gasteiger partial charge on any atom is -0.338 e. The molecule has 1 heterocycles. The number of benzene rings is 3. The molecule has 0 unspecified atom stereocenters. The van der Waals surface area contributed by atoms with E-state index in [0.717, 1.165) is 15.9 Å². The molecule has 0 bridgehead atoms. The summed E-state index contributed by atoms with van der Waals surface area (Å²) in [4.78, 5) is 25.4. The summed E-state index contributed by atoms with van der Waals surface area (Å²) in [6.45, 7) is 1.48. The Hall–Kier alpha value is -3.81. The first-order chi connectivity index (χ1) is 18.0. The third-order valence-corrected chi connectivity index (χ3v) is 9.89. The molecular weight excluding hydrogens is 532 g/mol. The van der Waals surface area contributed by atoms with Crippen molar-refractivity contribution in [1.29, 1.82) is 0 Å². The Labute approximate surface area is 221 Å². The number of sulfonamides is 2. The number of rotatable bonds is 8. The molecule has 1 saturated heterocycles. The van der Waals surface area contributed by atoms with Gasteiger partial charge < -0.3 is 4.90 Å². The van der Waals surface area contributed by atoms with Crippen LogP contribution in [0.5, 0.6) is 0 Å². The zero-order chi connectivity index (χ0) is 27.5. The maximum atomic E-state index is 13.5. The highest BCUT2D eigenvalue weighted by Crippen LogP contribution is 2.27. The second kappa shape index (κ2) is 10.9. The molecule has 0 spiro atoms. The van der Waals surface area contributed by atoms with E-state index in [4.69, 9.17) is 0 Å². The van der Waals surface area contributed by atoms with Crippen LogP contribution in [0.15, 0.2) is 88.7 Å². The van der Waals surface area contributed by atoms with Crippen molar-refractivity contribution < 1.29 is 26.6 Å². The smallest absolute Gasteiger partial charge is 0.271 e. The van der Waals surface area contributed by atoms with E-state index in [0.29, 0.717) is 0 Å². The molecule has 0 radical (unpaired) electrons. The van der Waals surface area contributed by atoms with Gasteiger partial charge in [0.15, 0.2) is 0 Å². The fourth-order valence-electron chi connectivity index (χ4n) is 4.06. The van der Waals surface area contributed by atoms with Crippen molar-refractivity contribution in [1.82, 2.24) is 9.21 Å². The first kappa shape index (κ1) is 27.2. The van der Waals surface area contributed by atoms with Crippen LogP contribution >= 0.6 is 0 Å². The zero-order valence-electron chi connectivity index (χ0n) is 20.5. The molecule has 1 amide bonds. The number of nitrogens with zero attached hydrogens (tertiary/aromatic N) is 4. The van der Waals surface area contributed by atoms with Crippen LogP contribution in [0.4, 0.5) is 11.4 Å². The van der Waals surface area contributed by atoms with Gasteiger partial charge in [-0.2, -0.15) is 4.31 Å². The SMILES string of the molecule is Cc1ccc(S(=O)(=O)N2CCN(C(=O)CN(c3cccc([N+](=O)[O-])c3)S(=O)(=O)c3ccccc3)CC2)cc1. The Bertz CT molecular complexity index is 1540. The average Bonchev–Trinajstić information content (AvgIpc) is 2.92. The summed E-state index contributed by atoms with van der Waals surface area (Å²) in [5.41, 5.74) is 0.577. The lowest BCUT2D eigenvalue weighted by atomic mass is 10.2. The van der Waals surface area contributed by atoms with Gasteiger partial charge >= 0.3 is 0 Å². The Morgan fingerprint density at radius 1 is 0.868 bits per heavy atom. The topological polar surface area (TPSA) is 138 Å². The summed E-state index contributed by atoms with van der Waals surface area (Å²) >= 11 is 0. The summed E-state index contributed by atoms with van der Waals surface area (Å²) in [5.74, 6) is -0.552. The lowest BCUT2D eigenvalue weighted by molar-refractivity contribution is -0.384. The van der Waals surface area contributed by atoms with E-state index >= 15 is 0 Å². The van der Waals surface area contributed by atoms with Crippen molar-refractivity contribution in [3.63, 3.8) is 0 Å². The number of carbonyl (C=O) groups excluding carboxylic acids is 1. The van der Waals surface area contributed by atoms with E-state index in [9.17, 15) is 31.7 Å². The number of nitro groups is 1. The molecule has 11 nitrogen and oxygen atoms in total. The van der Waals surface area contributed by atoms with E-state index in [1.807, 2.05) is 6.92 Å². The number of hydrogen-bond acceptors (Lipinski definition) is 7. The average molecular weight is 559 g/mol. The number of aryl methyl sites for hydroxylation is 1. The summed E-state index contributed by atoms with van der Waals surface area (Å²) in [6, 6.07) is 19.0. The highest BCUT2D eigenvalue weighted by atomic mass is 32.2.